The van der Waals surface area contributed by atoms with E-state index >= 15 is 0 Å². The lowest BCUT2D eigenvalue weighted by Gasteiger charge is -2.25. The van der Waals surface area contributed by atoms with Crippen molar-refractivity contribution in [1.82, 2.24) is 0 Å². The fraction of sp³-hybridized carbons (Fsp3) is 0.300. The van der Waals surface area contributed by atoms with Crippen LogP contribution >= 0.6 is 0 Å². The van der Waals surface area contributed by atoms with Crippen molar-refractivity contribution in [3.05, 3.63) is 71.3 Å². The van der Waals surface area contributed by atoms with Crippen LogP contribution in [0.3, 0.4) is 0 Å². The van der Waals surface area contributed by atoms with Crippen LogP contribution in [0.25, 0.3) is 0 Å². The van der Waals surface area contributed by atoms with Gasteiger partial charge in [-0.1, -0.05) is 36.1 Å². The van der Waals surface area contributed by atoms with Crippen molar-refractivity contribution in [1.29, 1.82) is 0 Å². The van der Waals surface area contributed by atoms with E-state index in [0.29, 0.717) is 11.1 Å². The van der Waals surface area contributed by atoms with E-state index < -0.39 is 22.8 Å². The molecule has 3 rings (SSSR count). The highest BCUT2D eigenvalue weighted by Crippen LogP contribution is 2.39. The van der Waals surface area contributed by atoms with Gasteiger partial charge in [0.05, 0.1) is 0 Å². The Kier molecular flexibility index (Phi) is 4.16. The van der Waals surface area contributed by atoms with E-state index in [1.165, 1.54) is 48.5 Å². The van der Waals surface area contributed by atoms with Gasteiger partial charge >= 0.3 is 0 Å². The van der Waals surface area contributed by atoms with Crippen molar-refractivity contribution < 1.29 is 19.0 Å². The summed E-state index contributed by atoms with van der Waals surface area (Å²) in [4.78, 5) is 0. The van der Waals surface area contributed by atoms with Gasteiger partial charge in [0.15, 0.2) is 5.60 Å². The van der Waals surface area contributed by atoms with Crippen LogP contribution in [0.1, 0.15) is 30.9 Å². The third kappa shape index (κ3) is 3.33. The van der Waals surface area contributed by atoms with Gasteiger partial charge in [0.2, 0.25) is 0 Å². The van der Waals surface area contributed by atoms with E-state index in [2.05, 4.69) is 11.8 Å². The first-order chi connectivity index (χ1) is 11.3. The average Bonchev–Trinajstić information content (AvgIpc) is 3.39. The van der Waals surface area contributed by atoms with Gasteiger partial charge in [0, 0.05) is 11.1 Å². The Morgan fingerprint density at radius 3 is 1.62 bits per heavy atom. The molecule has 1 fully saturated rings. The van der Waals surface area contributed by atoms with E-state index in [4.69, 9.17) is 0 Å². The molecule has 1 aliphatic rings. The number of halogens is 2. The molecule has 0 saturated heterocycles. The van der Waals surface area contributed by atoms with Gasteiger partial charge in [-0.15, -0.1) is 0 Å². The van der Waals surface area contributed by atoms with Crippen LogP contribution in [0, 0.1) is 29.4 Å². The lowest BCUT2D eigenvalue weighted by Crippen LogP contribution is -2.29. The molecule has 2 nitrogen and oxygen atoms in total. The van der Waals surface area contributed by atoms with E-state index in [-0.39, 0.29) is 5.92 Å². The average molecular weight is 328 g/mol. The zero-order valence-electron chi connectivity index (χ0n) is 13.3. The molecular formula is C20H18F2O2. The highest BCUT2D eigenvalue weighted by atomic mass is 19.1. The van der Waals surface area contributed by atoms with Gasteiger partial charge in [-0.25, -0.2) is 8.78 Å². The molecule has 1 aliphatic carbocycles. The molecule has 0 radical (unpaired) electrons. The Labute approximate surface area is 139 Å². The van der Waals surface area contributed by atoms with Gasteiger partial charge in [-0.3, -0.25) is 0 Å². The molecule has 2 N–H and O–H groups in total. The van der Waals surface area contributed by atoms with Crippen LogP contribution in [0.4, 0.5) is 8.78 Å². The first kappa shape index (κ1) is 16.6. The highest BCUT2D eigenvalue weighted by molar-refractivity contribution is 5.45. The SMILES string of the molecule is CC(O)(C#CC(O)(c1ccc(F)cc1)c1ccc(F)cc1)C1CC1. The summed E-state index contributed by atoms with van der Waals surface area (Å²) in [6, 6.07) is 10.6. The number of rotatable bonds is 3. The Morgan fingerprint density at radius 2 is 1.25 bits per heavy atom. The predicted octanol–water partition coefficient (Wildman–Crippen LogP) is 3.37. The fourth-order valence-electron chi connectivity index (χ4n) is 2.66. The Morgan fingerprint density at radius 1 is 0.833 bits per heavy atom. The monoisotopic (exact) mass is 328 g/mol. The van der Waals surface area contributed by atoms with Crippen LogP contribution in [-0.4, -0.2) is 15.8 Å². The second kappa shape index (κ2) is 6.01. The molecule has 0 heterocycles. The first-order valence-electron chi connectivity index (χ1n) is 7.82. The Bertz CT molecular complexity index is 734. The van der Waals surface area contributed by atoms with Crippen molar-refractivity contribution >= 4 is 0 Å². The molecule has 0 amide bonds. The second-order valence-electron chi connectivity index (χ2n) is 6.40. The summed E-state index contributed by atoms with van der Waals surface area (Å²) in [7, 11) is 0. The van der Waals surface area contributed by atoms with Gasteiger partial charge in [0.1, 0.15) is 17.2 Å². The molecule has 4 heteroatoms. The van der Waals surface area contributed by atoms with Gasteiger partial charge in [-0.05, 0) is 49.9 Å². The topological polar surface area (TPSA) is 40.5 Å². The summed E-state index contributed by atoms with van der Waals surface area (Å²) in [5.74, 6) is 4.72. The highest BCUT2D eigenvalue weighted by Gasteiger charge is 2.39. The number of hydrogen-bond donors (Lipinski definition) is 2. The largest absolute Gasteiger partial charge is 0.378 e. The van der Waals surface area contributed by atoms with Crippen molar-refractivity contribution in [3.63, 3.8) is 0 Å². The molecule has 1 atom stereocenters. The number of benzene rings is 2. The molecule has 0 aromatic heterocycles. The third-order valence-electron chi connectivity index (χ3n) is 4.39. The standard InChI is InChI=1S/C20H18F2O2/c1-19(23,14-2-3-14)12-13-20(24,15-4-8-17(21)9-5-15)16-6-10-18(22)11-7-16/h4-11,14,23-24H,2-3H2,1H3. The number of hydrogen-bond acceptors (Lipinski definition) is 2. The molecule has 1 unspecified atom stereocenters. The lowest BCUT2D eigenvalue weighted by atomic mass is 9.85. The van der Waals surface area contributed by atoms with E-state index in [1.54, 1.807) is 6.92 Å². The smallest absolute Gasteiger partial charge is 0.176 e. The van der Waals surface area contributed by atoms with Crippen LogP contribution < -0.4 is 0 Å². The normalized spacial score (nSPS) is 16.9. The van der Waals surface area contributed by atoms with Crippen LogP contribution in [0.2, 0.25) is 0 Å². The Balaban J connectivity index is 2.08. The van der Waals surface area contributed by atoms with Gasteiger partial charge in [0.25, 0.3) is 0 Å². The van der Waals surface area contributed by atoms with E-state index in [9.17, 15) is 19.0 Å². The van der Waals surface area contributed by atoms with Gasteiger partial charge in [-0.2, -0.15) is 0 Å². The number of aliphatic hydroxyl groups is 2. The van der Waals surface area contributed by atoms with E-state index in [1.807, 2.05) is 0 Å². The molecule has 0 spiro atoms. The summed E-state index contributed by atoms with van der Waals surface area (Å²) in [5.41, 5.74) is -2.25. The van der Waals surface area contributed by atoms with E-state index in [0.717, 1.165) is 12.8 Å². The van der Waals surface area contributed by atoms with Crippen LogP contribution in [0.15, 0.2) is 48.5 Å². The zero-order valence-corrected chi connectivity index (χ0v) is 13.3. The molecule has 124 valence electrons. The summed E-state index contributed by atoms with van der Waals surface area (Å²) < 4.78 is 26.4. The molecule has 24 heavy (non-hydrogen) atoms. The van der Waals surface area contributed by atoms with Crippen molar-refractivity contribution in [2.24, 2.45) is 5.92 Å². The Hall–Kier alpha value is -2.22. The molecule has 0 bridgehead atoms. The van der Waals surface area contributed by atoms with Crippen LogP contribution in [0.5, 0.6) is 0 Å². The maximum Gasteiger partial charge on any atom is 0.176 e. The zero-order chi connectivity index (χ0) is 17.4. The summed E-state index contributed by atoms with van der Waals surface area (Å²) in [6.07, 6.45) is 1.79. The third-order valence-corrected chi connectivity index (χ3v) is 4.39. The molecule has 0 aliphatic heterocycles. The first-order valence-corrected chi connectivity index (χ1v) is 7.82. The summed E-state index contributed by atoms with van der Waals surface area (Å²) in [5, 5.41) is 21.6. The molecular weight excluding hydrogens is 310 g/mol. The van der Waals surface area contributed by atoms with Crippen molar-refractivity contribution in [3.8, 4) is 11.8 Å². The minimum Gasteiger partial charge on any atom is -0.378 e. The lowest BCUT2D eigenvalue weighted by molar-refractivity contribution is 0.0952. The molecule has 2 aromatic rings. The quantitative estimate of drug-likeness (QED) is 0.848. The summed E-state index contributed by atoms with van der Waals surface area (Å²) in [6.45, 7) is 1.62. The van der Waals surface area contributed by atoms with Gasteiger partial charge < -0.3 is 10.2 Å². The minimum atomic E-state index is -1.76. The predicted molar refractivity (Wildman–Crippen MR) is 86.9 cm³/mol. The van der Waals surface area contributed by atoms with Crippen LogP contribution in [-0.2, 0) is 5.60 Å². The van der Waals surface area contributed by atoms with Crippen molar-refractivity contribution in [2.45, 2.75) is 31.0 Å². The maximum absolute atomic E-state index is 13.2. The van der Waals surface area contributed by atoms with Crippen molar-refractivity contribution in [2.75, 3.05) is 0 Å². The minimum absolute atomic E-state index is 0.0932. The molecule has 2 aromatic carbocycles. The fourth-order valence-corrected chi connectivity index (χ4v) is 2.66. The summed E-state index contributed by atoms with van der Waals surface area (Å²) >= 11 is 0. The molecule has 1 saturated carbocycles. The second-order valence-corrected chi connectivity index (χ2v) is 6.40. The maximum atomic E-state index is 13.2.